The minimum Gasteiger partial charge on any atom is -0.353 e. The number of nitrogens with zero attached hydrogens (tertiary/aromatic N) is 4. The highest BCUT2D eigenvalue weighted by molar-refractivity contribution is 5.73. The molecule has 0 saturated heterocycles. The summed E-state index contributed by atoms with van der Waals surface area (Å²) in [6.07, 6.45) is 8.26. The summed E-state index contributed by atoms with van der Waals surface area (Å²) < 4.78 is 15.7. The first kappa shape index (κ1) is 13.0. The smallest absolute Gasteiger partial charge is 0.151 e. The van der Waals surface area contributed by atoms with Gasteiger partial charge in [-0.2, -0.15) is 0 Å². The van der Waals surface area contributed by atoms with E-state index in [0.717, 1.165) is 5.69 Å². The molecule has 1 N–H and O–H groups in total. The van der Waals surface area contributed by atoms with Crippen LogP contribution in [0.15, 0.2) is 62.0 Å². The Hall–Kier alpha value is -3.02. The highest BCUT2D eigenvalue weighted by Crippen LogP contribution is 2.19. The summed E-state index contributed by atoms with van der Waals surface area (Å²) in [6.45, 7) is 3.84. The fourth-order valence-electron chi connectivity index (χ4n) is 1.85. The average Bonchev–Trinajstić information content (AvgIpc) is 3.03. The lowest BCUT2D eigenvalue weighted by Gasteiger charge is -2.11. The van der Waals surface area contributed by atoms with Gasteiger partial charge in [-0.1, -0.05) is 6.58 Å². The van der Waals surface area contributed by atoms with E-state index >= 15 is 0 Å². The monoisotopic (exact) mass is 281 g/mol. The molecule has 0 aliphatic heterocycles. The molecule has 3 rings (SSSR count). The fourth-order valence-corrected chi connectivity index (χ4v) is 1.85. The quantitative estimate of drug-likeness (QED) is 0.799. The van der Waals surface area contributed by atoms with Gasteiger partial charge in [-0.15, -0.1) is 0 Å². The van der Waals surface area contributed by atoms with Crippen LogP contribution in [0.4, 0.5) is 10.1 Å². The topological polar surface area (TPSA) is 55.6 Å². The van der Waals surface area contributed by atoms with Gasteiger partial charge in [-0.05, 0) is 24.3 Å². The van der Waals surface area contributed by atoms with Gasteiger partial charge in [0.1, 0.15) is 17.8 Å². The molecule has 0 fully saturated rings. The summed E-state index contributed by atoms with van der Waals surface area (Å²) in [5.41, 5.74) is 1.24. The van der Waals surface area contributed by atoms with Crippen molar-refractivity contribution in [3.8, 4) is 5.82 Å². The maximum absolute atomic E-state index is 14.0. The molecule has 0 saturated carbocycles. The van der Waals surface area contributed by atoms with Gasteiger partial charge in [0, 0.05) is 18.6 Å². The molecule has 0 bridgehead atoms. The Morgan fingerprint density at radius 1 is 1.19 bits per heavy atom. The molecule has 3 aromatic rings. The molecule has 5 nitrogen and oxygen atoms in total. The lowest BCUT2D eigenvalue weighted by atomic mass is 10.2. The summed E-state index contributed by atoms with van der Waals surface area (Å²) in [7, 11) is 0. The van der Waals surface area contributed by atoms with Gasteiger partial charge in [0.25, 0.3) is 0 Å². The Bertz CT molecular complexity index is 753. The van der Waals surface area contributed by atoms with Crippen LogP contribution in [0.5, 0.6) is 0 Å². The molecule has 0 aromatic carbocycles. The minimum atomic E-state index is -0.444. The molecule has 0 radical (unpaired) electrons. The van der Waals surface area contributed by atoms with Gasteiger partial charge >= 0.3 is 0 Å². The summed E-state index contributed by atoms with van der Waals surface area (Å²) in [6, 6.07) is 6.53. The minimum absolute atomic E-state index is 0.157. The molecule has 0 amide bonds. The zero-order valence-corrected chi connectivity index (χ0v) is 11.1. The van der Waals surface area contributed by atoms with Crippen molar-refractivity contribution in [2.24, 2.45) is 0 Å². The number of halogens is 1. The third-order valence-corrected chi connectivity index (χ3v) is 2.84. The standard InChI is InChI=1S/C15H12FN5/c1-11(19-12-3-2-6-17-9-12)15-13(16)4-5-14(20-15)21-8-7-18-10-21/h2-10,19H,1H2. The van der Waals surface area contributed by atoms with Gasteiger partial charge in [0.15, 0.2) is 5.82 Å². The van der Waals surface area contributed by atoms with Crippen molar-refractivity contribution in [2.75, 3.05) is 5.32 Å². The molecule has 0 spiro atoms. The van der Waals surface area contributed by atoms with Gasteiger partial charge in [-0.25, -0.2) is 14.4 Å². The summed E-state index contributed by atoms with van der Waals surface area (Å²) in [4.78, 5) is 12.2. The van der Waals surface area contributed by atoms with E-state index in [0.29, 0.717) is 11.5 Å². The second kappa shape index (κ2) is 5.54. The molecular weight excluding hydrogens is 269 g/mol. The number of pyridine rings is 2. The Kier molecular flexibility index (Phi) is 3.42. The first-order valence-corrected chi connectivity index (χ1v) is 6.25. The van der Waals surface area contributed by atoms with Gasteiger partial charge in [0.2, 0.25) is 0 Å². The van der Waals surface area contributed by atoms with Crippen LogP contribution < -0.4 is 5.32 Å². The van der Waals surface area contributed by atoms with Crippen LogP contribution in [-0.2, 0) is 0 Å². The predicted molar refractivity (Wildman–Crippen MR) is 78.2 cm³/mol. The Morgan fingerprint density at radius 2 is 2.10 bits per heavy atom. The van der Waals surface area contributed by atoms with Crippen LogP contribution in [0.3, 0.4) is 0 Å². The first-order chi connectivity index (χ1) is 10.2. The van der Waals surface area contributed by atoms with E-state index in [-0.39, 0.29) is 5.69 Å². The molecule has 3 aromatic heterocycles. The van der Waals surface area contributed by atoms with Gasteiger partial charge in [-0.3, -0.25) is 9.55 Å². The summed E-state index contributed by atoms with van der Waals surface area (Å²) >= 11 is 0. The SMILES string of the molecule is C=C(Nc1cccnc1)c1nc(-n2ccnc2)ccc1F. The van der Waals surface area contributed by atoms with Crippen LogP contribution in [-0.4, -0.2) is 19.5 Å². The Balaban J connectivity index is 1.91. The zero-order valence-electron chi connectivity index (χ0n) is 11.1. The summed E-state index contributed by atoms with van der Waals surface area (Å²) in [5.74, 6) is 0.123. The van der Waals surface area contributed by atoms with Crippen molar-refractivity contribution >= 4 is 11.4 Å². The van der Waals surface area contributed by atoms with Crippen molar-refractivity contribution < 1.29 is 4.39 Å². The molecule has 6 heteroatoms. The van der Waals surface area contributed by atoms with Crippen LogP contribution in [0, 0.1) is 5.82 Å². The van der Waals surface area contributed by atoms with Crippen LogP contribution >= 0.6 is 0 Å². The number of rotatable bonds is 4. The van der Waals surface area contributed by atoms with Crippen molar-refractivity contribution in [1.29, 1.82) is 0 Å². The number of aromatic nitrogens is 4. The first-order valence-electron chi connectivity index (χ1n) is 6.25. The number of nitrogens with one attached hydrogen (secondary N) is 1. The van der Waals surface area contributed by atoms with E-state index in [9.17, 15) is 4.39 Å². The van der Waals surface area contributed by atoms with Crippen molar-refractivity contribution in [3.05, 3.63) is 73.5 Å². The third-order valence-electron chi connectivity index (χ3n) is 2.84. The fraction of sp³-hybridized carbons (Fsp3) is 0. The highest BCUT2D eigenvalue weighted by atomic mass is 19.1. The maximum Gasteiger partial charge on any atom is 0.151 e. The van der Waals surface area contributed by atoms with E-state index < -0.39 is 5.82 Å². The van der Waals surface area contributed by atoms with Gasteiger partial charge < -0.3 is 5.32 Å². The molecular formula is C15H12FN5. The zero-order chi connectivity index (χ0) is 14.7. The van der Waals surface area contributed by atoms with E-state index in [1.165, 1.54) is 6.07 Å². The second-order valence-electron chi connectivity index (χ2n) is 4.32. The van der Waals surface area contributed by atoms with E-state index in [1.54, 1.807) is 47.8 Å². The van der Waals surface area contributed by atoms with E-state index in [4.69, 9.17) is 0 Å². The molecule has 0 aliphatic rings. The van der Waals surface area contributed by atoms with Crippen molar-refractivity contribution in [3.63, 3.8) is 0 Å². The van der Waals surface area contributed by atoms with Gasteiger partial charge in [0.05, 0.1) is 17.6 Å². The maximum atomic E-state index is 14.0. The molecule has 3 heterocycles. The predicted octanol–water partition coefficient (Wildman–Crippen LogP) is 2.88. The number of anilines is 1. The molecule has 0 unspecified atom stereocenters. The number of hydrogen-bond donors (Lipinski definition) is 1. The Labute approximate surface area is 120 Å². The normalized spacial score (nSPS) is 10.3. The van der Waals surface area contributed by atoms with Crippen molar-refractivity contribution in [2.45, 2.75) is 0 Å². The number of hydrogen-bond acceptors (Lipinski definition) is 4. The largest absolute Gasteiger partial charge is 0.353 e. The Morgan fingerprint density at radius 3 is 2.81 bits per heavy atom. The molecule has 104 valence electrons. The van der Waals surface area contributed by atoms with Crippen LogP contribution in [0.2, 0.25) is 0 Å². The van der Waals surface area contributed by atoms with E-state index in [1.807, 2.05) is 6.07 Å². The second-order valence-corrected chi connectivity index (χ2v) is 4.32. The summed E-state index contributed by atoms with van der Waals surface area (Å²) in [5, 5.41) is 2.99. The molecule has 0 aliphatic carbocycles. The molecule has 0 atom stereocenters. The molecule has 21 heavy (non-hydrogen) atoms. The van der Waals surface area contributed by atoms with Crippen LogP contribution in [0.1, 0.15) is 5.69 Å². The number of imidazole rings is 1. The lowest BCUT2D eigenvalue weighted by Crippen LogP contribution is -2.05. The average molecular weight is 281 g/mol. The van der Waals surface area contributed by atoms with Crippen LogP contribution in [0.25, 0.3) is 11.5 Å². The van der Waals surface area contributed by atoms with Crippen molar-refractivity contribution in [1.82, 2.24) is 19.5 Å². The third kappa shape index (κ3) is 2.79. The lowest BCUT2D eigenvalue weighted by molar-refractivity contribution is 0.615. The highest BCUT2D eigenvalue weighted by Gasteiger charge is 2.10. The van der Waals surface area contributed by atoms with E-state index in [2.05, 4.69) is 26.8 Å².